The maximum Gasteiger partial charge on any atom is 0.220 e. The largest absolute Gasteiger partial charge is 0.623 e. The van der Waals surface area contributed by atoms with Crippen molar-refractivity contribution in [1.82, 2.24) is 4.74 Å². The monoisotopic (exact) mass is 186 g/mol. The lowest BCUT2D eigenvalue weighted by Gasteiger charge is -2.08. The van der Waals surface area contributed by atoms with E-state index in [1.54, 1.807) is 6.07 Å². The Morgan fingerprint density at radius 3 is 3.07 bits per heavy atom. The first-order valence-corrected chi connectivity index (χ1v) is 4.25. The number of nitrogens with zero attached hydrogens (tertiary/aromatic N) is 4. The van der Waals surface area contributed by atoms with E-state index in [0.717, 1.165) is 15.7 Å². The Kier molecular flexibility index (Phi) is 1.30. The molecule has 2 aliphatic heterocycles. The van der Waals surface area contributed by atoms with Gasteiger partial charge in [0.1, 0.15) is 5.70 Å². The van der Waals surface area contributed by atoms with Gasteiger partial charge in [-0.2, -0.15) is 4.74 Å². The van der Waals surface area contributed by atoms with E-state index >= 15 is 0 Å². The molecule has 1 aromatic carbocycles. The lowest BCUT2D eigenvalue weighted by Crippen LogP contribution is -2.45. The Morgan fingerprint density at radius 2 is 2.14 bits per heavy atom. The van der Waals surface area contributed by atoms with E-state index in [4.69, 9.17) is 0 Å². The molecule has 0 saturated heterocycles. The van der Waals surface area contributed by atoms with Crippen LogP contribution in [-0.2, 0) is 0 Å². The molecular weight excluding hydrogens is 180 g/mol. The topological polar surface area (TPSA) is 63.1 Å². The number of rotatable bonds is 0. The lowest BCUT2D eigenvalue weighted by atomic mass is 10.1. The maximum atomic E-state index is 11.6. The quantitative estimate of drug-likeness (QED) is 0.402. The number of hydrogen-bond donors (Lipinski definition) is 0. The molecule has 1 aromatic rings. The standard InChI is InChI=1S/C9H6N4O/c14-13-5-7-9(11-12-10-7)6-3-1-2-4-8(6)13/h1-4H,5H2. The van der Waals surface area contributed by atoms with Gasteiger partial charge in [-0.1, -0.05) is 12.1 Å². The van der Waals surface area contributed by atoms with Gasteiger partial charge in [0.15, 0.2) is 12.3 Å². The van der Waals surface area contributed by atoms with Crippen molar-refractivity contribution in [2.45, 2.75) is 0 Å². The van der Waals surface area contributed by atoms with Gasteiger partial charge in [-0.3, -0.25) is 0 Å². The predicted molar refractivity (Wildman–Crippen MR) is 50.9 cm³/mol. The molecule has 0 aromatic heterocycles. The van der Waals surface area contributed by atoms with Gasteiger partial charge in [-0.05, 0) is 11.3 Å². The average molecular weight is 186 g/mol. The highest BCUT2D eigenvalue weighted by atomic mass is 16.5. The fraction of sp³-hybridized carbons (Fsp3) is 0.111. The Morgan fingerprint density at radius 1 is 1.29 bits per heavy atom. The van der Waals surface area contributed by atoms with Gasteiger partial charge in [0, 0.05) is 6.07 Å². The molecule has 0 aliphatic carbocycles. The molecule has 0 saturated carbocycles. The minimum absolute atomic E-state index is 0.235. The number of hydroxylamine groups is 1. The van der Waals surface area contributed by atoms with E-state index in [1.807, 2.05) is 18.2 Å². The SMILES string of the molecule is [O-][N+]1=c2ccccc2=C2N=NN=C2C1. The van der Waals surface area contributed by atoms with E-state index in [1.165, 1.54) is 0 Å². The van der Waals surface area contributed by atoms with Crippen molar-refractivity contribution in [3.63, 3.8) is 0 Å². The Labute approximate surface area is 79.0 Å². The molecule has 0 spiro atoms. The van der Waals surface area contributed by atoms with E-state index in [0.29, 0.717) is 11.1 Å². The highest BCUT2D eigenvalue weighted by Crippen LogP contribution is 2.09. The van der Waals surface area contributed by atoms with Crippen molar-refractivity contribution >= 4 is 11.4 Å². The zero-order valence-electron chi connectivity index (χ0n) is 7.21. The molecule has 14 heavy (non-hydrogen) atoms. The number of hydrogen-bond acceptors (Lipinski definition) is 4. The van der Waals surface area contributed by atoms with Gasteiger partial charge in [0.25, 0.3) is 0 Å². The van der Waals surface area contributed by atoms with Crippen LogP contribution in [-0.4, -0.2) is 12.3 Å². The summed E-state index contributed by atoms with van der Waals surface area (Å²) >= 11 is 0. The van der Waals surface area contributed by atoms with Crippen LogP contribution in [0.5, 0.6) is 0 Å². The molecule has 5 heteroatoms. The first kappa shape index (κ1) is 7.37. The van der Waals surface area contributed by atoms with Gasteiger partial charge in [0.2, 0.25) is 5.36 Å². The summed E-state index contributed by atoms with van der Waals surface area (Å²) in [7, 11) is 0. The van der Waals surface area contributed by atoms with E-state index < -0.39 is 0 Å². The molecule has 0 bridgehead atoms. The van der Waals surface area contributed by atoms with Crippen LogP contribution >= 0.6 is 0 Å². The smallest absolute Gasteiger partial charge is 0.220 e. The van der Waals surface area contributed by atoms with Crippen molar-refractivity contribution in [2.75, 3.05) is 6.54 Å². The summed E-state index contributed by atoms with van der Waals surface area (Å²) in [5.74, 6) is 0. The molecule has 2 aliphatic rings. The predicted octanol–water partition coefficient (Wildman–Crippen LogP) is -0.381. The highest BCUT2D eigenvalue weighted by Gasteiger charge is 2.22. The van der Waals surface area contributed by atoms with Crippen molar-refractivity contribution in [2.24, 2.45) is 15.4 Å². The number of benzene rings is 1. The number of para-hydroxylation sites is 1. The van der Waals surface area contributed by atoms with Gasteiger partial charge < -0.3 is 5.21 Å². The first-order chi connectivity index (χ1) is 6.86. The van der Waals surface area contributed by atoms with E-state index in [-0.39, 0.29) is 6.54 Å². The fourth-order valence-electron chi connectivity index (χ4n) is 1.65. The summed E-state index contributed by atoms with van der Waals surface area (Å²) < 4.78 is 0.911. The Hall–Kier alpha value is -2.04. The van der Waals surface area contributed by atoms with Crippen LogP contribution in [0, 0.1) is 5.21 Å². The second kappa shape index (κ2) is 2.47. The summed E-state index contributed by atoms with van der Waals surface area (Å²) in [6.45, 7) is 0.235. The minimum Gasteiger partial charge on any atom is -0.623 e. The summed E-state index contributed by atoms with van der Waals surface area (Å²) in [4.78, 5) is 0. The normalized spacial score (nSPS) is 17.9. The average Bonchev–Trinajstić information content (AvgIpc) is 2.66. The van der Waals surface area contributed by atoms with Crippen molar-refractivity contribution in [1.29, 1.82) is 0 Å². The van der Waals surface area contributed by atoms with Crippen molar-refractivity contribution in [3.8, 4) is 0 Å². The van der Waals surface area contributed by atoms with Gasteiger partial charge >= 0.3 is 0 Å². The zero-order valence-corrected chi connectivity index (χ0v) is 7.21. The Bertz CT molecular complexity index is 585. The lowest BCUT2D eigenvalue weighted by molar-refractivity contribution is 0.816. The molecule has 0 atom stereocenters. The minimum atomic E-state index is 0.235. The fourth-order valence-corrected chi connectivity index (χ4v) is 1.65. The molecule has 0 N–H and O–H groups in total. The molecule has 0 fully saturated rings. The van der Waals surface area contributed by atoms with Crippen LogP contribution in [0.15, 0.2) is 39.7 Å². The van der Waals surface area contributed by atoms with Gasteiger partial charge in [0.05, 0.1) is 5.22 Å². The van der Waals surface area contributed by atoms with Crippen LogP contribution in [0.3, 0.4) is 0 Å². The second-order valence-corrected chi connectivity index (χ2v) is 3.14. The van der Waals surface area contributed by atoms with Crippen LogP contribution in [0.4, 0.5) is 0 Å². The highest BCUT2D eigenvalue weighted by molar-refractivity contribution is 6.20. The second-order valence-electron chi connectivity index (χ2n) is 3.14. The molecular formula is C9H6N4O. The molecule has 0 amide bonds. The summed E-state index contributed by atoms with van der Waals surface area (Å²) in [5, 5.41) is 24.3. The molecule has 68 valence electrons. The van der Waals surface area contributed by atoms with Crippen LogP contribution in [0.2, 0.25) is 0 Å². The third-order valence-corrected chi connectivity index (χ3v) is 2.30. The van der Waals surface area contributed by atoms with Crippen molar-refractivity contribution in [3.05, 3.63) is 40.0 Å². The molecule has 2 heterocycles. The third kappa shape index (κ3) is 0.834. The summed E-state index contributed by atoms with van der Waals surface area (Å²) in [5.41, 5.74) is 1.38. The summed E-state index contributed by atoms with van der Waals surface area (Å²) in [6.07, 6.45) is 0. The van der Waals surface area contributed by atoms with E-state index in [2.05, 4.69) is 15.4 Å². The summed E-state index contributed by atoms with van der Waals surface area (Å²) in [6, 6.07) is 7.34. The van der Waals surface area contributed by atoms with Crippen LogP contribution < -0.4 is 15.3 Å². The van der Waals surface area contributed by atoms with Gasteiger partial charge in [-0.15, -0.1) is 10.2 Å². The molecule has 0 unspecified atom stereocenters. The zero-order chi connectivity index (χ0) is 9.54. The van der Waals surface area contributed by atoms with Crippen molar-refractivity contribution < 1.29 is 0 Å². The van der Waals surface area contributed by atoms with Gasteiger partial charge in [-0.25, -0.2) is 0 Å². The van der Waals surface area contributed by atoms with E-state index in [9.17, 15) is 5.21 Å². The first-order valence-electron chi connectivity index (χ1n) is 4.25. The molecule has 0 radical (unpaired) electrons. The molecule has 3 rings (SSSR count). The van der Waals surface area contributed by atoms with Crippen LogP contribution in [0.25, 0.3) is 5.70 Å². The molecule has 5 nitrogen and oxygen atoms in total. The maximum absolute atomic E-state index is 11.6. The number of fused-ring (bicyclic) bond motifs is 2. The third-order valence-electron chi connectivity index (χ3n) is 2.30. The Balaban J connectivity index is 2.56. The van der Waals surface area contributed by atoms with Crippen LogP contribution in [0.1, 0.15) is 0 Å².